The van der Waals surface area contributed by atoms with Gasteiger partial charge in [-0.25, -0.2) is 0 Å². The second kappa shape index (κ2) is 7.48. The molecule has 1 fully saturated rings. The molecule has 1 aromatic rings. The van der Waals surface area contributed by atoms with E-state index >= 15 is 0 Å². The minimum absolute atomic E-state index is 0.437. The van der Waals surface area contributed by atoms with E-state index in [1.165, 1.54) is 12.0 Å². The molecule has 3 unspecified atom stereocenters. The Morgan fingerprint density at radius 2 is 1.95 bits per heavy atom. The van der Waals surface area contributed by atoms with Crippen molar-refractivity contribution in [2.24, 2.45) is 16.8 Å². The molecule has 0 bridgehead atoms. The van der Waals surface area contributed by atoms with Gasteiger partial charge in [-0.1, -0.05) is 44.2 Å². The van der Waals surface area contributed by atoms with Crippen molar-refractivity contribution in [2.75, 3.05) is 13.1 Å². The van der Waals surface area contributed by atoms with Crippen molar-refractivity contribution in [2.45, 2.75) is 46.1 Å². The quantitative estimate of drug-likeness (QED) is 0.621. The topological polar surface area (TPSA) is 36.4 Å². The molecule has 1 aromatic carbocycles. The molecule has 0 aromatic heterocycles. The molecule has 0 amide bonds. The van der Waals surface area contributed by atoms with Crippen molar-refractivity contribution in [3.05, 3.63) is 35.9 Å². The van der Waals surface area contributed by atoms with Crippen molar-refractivity contribution in [1.29, 1.82) is 0 Å². The van der Waals surface area contributed by atoms with E-state index in [2.05, 4.69) is 68.7 Å². The standard InChI is InChI=1S/C18H29N3/c1-5-19-18(21-14(4)13(2)3)20-12-16-11-17(16)15-9-7-6-8-10-15/h6-10,13-14,16-17H,5,11-12H2,1-4H3,(H2,19,20,21). The Morgan fingerprint density at radius 1 is 1.24 bits per heavy atom. The van der Waals surface area contributed by atoms with E-state index in [-0.39, 0.29) is 0 Å². The first-order valence-electron chi connectivity index (χ1n) is 8.21. The van der Waals surface area contributed by atoms with Crippen molar-refractivity contribution in [3.8, 4) is 0 Å². The van der Waals surface area contributed by atoms with E-state index in [9.17, 15) is 0 Å². The number of hydrogen-bond acceptors (Lipinski definition) is 1. The molecule has 2 rings (SSSR count). The van der Waals surface area contributed by atoms with Gasteiger partial charge in [-0.05, 0) is 43.6 Å². The van der Waals surface area contributed by atoms with Crippen LogP contribution in [0.25, 0.3) is 0 Å². The Morgan fingerprint density at radius 3 is 2.57 bits per heavy atom. The van der Waals surface area contributed by atoms with Gasteiger partial charge in [0.15, 0.2) is 5.96 Å². The van der Waals surface area contributed by atoms with Gasteiger partial charge in [0, 0.05) is 19.1 Å². The second-order valence-electron chi connectivity index (χ2n) is 6.41. The number of nitrogens with one attached hydrogen (secondary N) is 2. The Labute approximate surface area is 129 Å². The molecule has 3 nitrogen and oxygen atoms in total. The molecule has 0 spiro atoms. The highest BCUT2D eigenvalue weighted by Crippen LogP contribution is 2.47. The zero-order valence-electron chi connectivity index (χ0n) is 13.8. The lowest BCUT2D eigenvalue weighted by Crippen LogP contribution is -2.44. The number of rotatable bonds is 6. The Hall–Kier alpha value is -1.51. The average Bonchev–Trinajstić information content (AvgIpc) is 3.25. The van der Waals surface area contributed by atoms with Gasteiger partial charge in [0.05, 0.1) is 0 Å². The highest BCUT2D eigenvalue weighted by molar-refractivity contribution is 5.80. The molecule has 21 heavy (non-hydrogen) atoms. The number of benzene rings is 1. The monoisotopic (exact) mass is 287 g/mol. The van der Waals surface area contributed by atoms with E-state index in [1.807, 2.05) is 0 Å². The summed E-state index contributed by atoms with van der Waals surface area (Å²) >= 11 is 0. The van der Waals surface area contributed by atoms with E-state index < -0.39 is 0 Å². The molecule has 0 aliphatic heterocycles. The fourth-order valence-corrected chi connectivity index (χ4v) is 2.47. The van der Waals surface area contributed by atoms with Gasteiger partial charge >= 0.3 is 0 Å². The summed E-state index contributed by atoms with van der Waals surface area (Å²) in [5, 5.41) is 6.84. The van der Waals surface area contributed by atoms with Gasteiger partial charge in [-0.15, -0.1) is 0 Å². The first-order chi connectivity index (χ1) is 10.1. The number of aliphatic imine (C=N–C) groups is 1. The van der Waals surface area contributed by atoms with Crippen LogP contribution < -0.4 is 10.6 Å². The smallest absolute Gasteiger partial charge is 0.191 e. The van der Waals surface area contributed by atoms with Crippen LogP contribution in [0.4, 0.5) is 0 Å². The lowest BCUT2D eigenvalue weighted by atomic mass is 10.1. The fourth-order valence-electron chi connectivity index (χ4n) is 2.47. The van der Waals surface area contributed by atoms with E-state index in [0.717, 1.165) is 19.0 Å². The predicted octanol–water partition coefficient (Wildman–Crippen LogP) is 3.39. The fraction of sp³-hybridized carbons (Fsp3) is 0.611. The number of hydrogen-bond donors (Lipinski definition) is 2. The molecule has 1 aliphatic carbocycles. The summed E-state index contributed by atoms with van der Waals surface area (Å²) < 4.78 is 0. The molecule has 3 atom stereocenters. The predicted molar refractivity (Wildman–Crippen MR) is 90.7 cm³/mol. The molecule has 0 saturated heterocycles. The van der Waals surface area contributed by atoms with E-state index in [1.54, 1.807) is 0 Å². The molecule has 0 radical (unpaired) electrons. The minimum atomic E-state index is 0.437. The number of nitrogens with zero attached hydrogens (tertiary/aromatic N) is 1. The van der Waals surface area contributed by atoms with Crippen LogP contribution in [-0.2, 0) is 0 Å². The third-order valence-corrected chi connectivity index (χ3v) is 4.34. The number of guanidine groups is 1. The molecular weight excluding hydrogens is 258 g/mol. The van der Waals surface area contributed by atoms with Crippen LogP contribution in [0.5, 0.6) is 0 Å². The maximum atomic E-state index is 4.77. The molecule has 0 heterocycles. The van der Waals surface area contributed by atoms with Crippen LogP contribution in [0.2, 0.25) is 0 Å². The van der Waals surface area contributed by atoms with Gasteiger partial charge in [-0.3, -0.25) is 4.99 Å². The molecule has 116 valence electrons. The van der Waals surface area contributed by atoms with Crippen LogP contribution in [0, 0.1) is 11.8 Å². The van der Waals surface area contributed by atoms with Gasteiger partial charge in [-0.2, -0.15) is 0 Å². The first-order valence-corrected chi connectivity index (χ1v) is 8.21. The van der Waals surface area contributed by atoms with Gasteiger partial charge in [0.2, 0.25) is 0 Å². The maximum absolute atomic E-state index is 4.77. The zero-order valence-corrected chi connectivity index (χ0v) is 13.8. The highest BCUT2D eigenvalue weighted by Gasteiger charge is 2.37. The highest BCUT2D eigenvalue weighted by atomic mass is 15.2. The second-order valence-corrected chi connectivity index (χ2v) is 6.41. The van der Waals surface area contributed by atoms with Gasteiger partial charge in [0.25, 0.3) is 0 Å². The normalized spacial score (nSPS) is 23.0. The van der Waals surface area contributed by atoms with E-state index in [0.29, 0.717) is 23.8 Å². The first kappa shape index (κ1) is 15.9. The largest absolute Gasteiger partial charge is 0.357 e. The summed E-state index contributed by atoms with van der Waals surface area (Å²) in [5.74, 6) is 2.97. The molecule has 3 heteroatoms. The van der Waals surface area contributed by atoms with Crippen molar-refractivity contribution < 1.29 is 0 Å². The summed E-state index contributed by atoms with van der Waals surface area (Å²) in [7, 11) is 0. The molecule has 1 aliphatic rings. The van der Waals surface area contributed by atoms with Crippen molar-refractivity contribution >= 4 is 5.96 Å². The Bertz CT molecular complexity index is 453. The molecule has 1 saturated carbocycles. The summed E-state index contributed by atoms with van der Waals surface area (Å²) in [4.78, 5) is 4.77. The van der Waals surface area contributed by atoms with Crippen molar-refractivity contribution in [1.82, 2.24) is 10.6 Å². The van der Waals surface area contributed by atoms with Gasteiger partial charge in [0.1, 0.15) is 0 Å². The van der Waals surface area contributed by atoms with Crippen LogP contribution in [-0.4, -0.2) is 25.1 Å². The van der Waals surface area contributed by atoms with Crippen LogP contribution in [0.3, 0.4) is 0 Å². The van der Waals surface area contributed by atoms with E-state index in [4.69, 9.17) is 4.99 Å². The maximum Gasteiger partial charge on any atom is 0.191 e. The summed E-state index contributed by atoms with van der Waals surface area (Å²) in [6, 6.07) is 11.2. The zero-order chi connectivity index (χ0) is 15.2. The molecule has 2 N–H and O–H groups in total. The van der Waals surface area contributed by atoms with Crippen LogP contribution >= 0.6 is 0 Å². The Kier molecular flexibility index (Phi) is 5.66. The summed E-state index contributed by atoms with van der Waals surface area (Å²) in [6.07, 6.45) is 1.27. The van der Waals surface area contributed by atoms with Crippen LogP contribution in [0.1, 0.15) is 45.6 Å². The Balaban J connectivity index is 1.86. The lowest BCUT2D eigenvalue weighted by molar-refractivity contribution is 0.480. The third kappa shape index (κ3) is 4.76. The van der Waals surface area contributed by atoms with Crippen LogP contribution in [0.15, 0.2) is 35.3 Å². The van der Waals surface area contributed by atoms with Gasteiger partial charge < -0.3 is 10.6 Å². The minimum Gasteiger partial charge on any atom is -0.357 e. The average molecular weight is 287 g/mol. The lowest BCUT2D eigenvalue weighted by Gasteiger charge is -2.20. The summed E-state index contributed by atoms with van der Waals surface area (Å²) in [5.41, 5.74) is 1.46. The SMILES string of the molecule is CCNC(=NCC1CC1c1ccccc1)NC(C)C(C)C. The third-order valence-electron chi connectivity index (χ3n) is 4.34. The van der Waals surface area contributed by atoms with Crippen molar-refractivity contribution in [3.63, 3.8) is 0 Å². The molecular formula is C18H29N3. The summed E-state index contributed by atoms with van der Waals surface area (Å²) in [6.45, 7) is 10.6.